The Kier molecular flexibility index (Phi) is 9.31. The molecular formula is C18H38N2S. The molecule has 1 N–H and O–H groups in total. The highest BCUT2D eigenvalue weighted by Crippen LogP contribution is 2.37. The summed E-state index contributed by atoms with van der Waals surface area (Å²) < 4.78 is 0. The number of nitrogens with one attached hydrogen (secondary N) is 1. The summed E-state index contributed by atoms with van der Waals surface area (Å²) in [7, 11) is 2.35. The first-order valence-corrected chi connectivity index (χ1v) is 10.3. The van der Waals surface area contributed by atoms with E-state index in [0.29, 0.717) is 5.41 Å². The van der Waals surface area contributed by atoms with Crippen molar-refractivity contribution in [1.29, 1.82) is 0 Å². The van der Waals surface area contributed by atoms with E-state index in [1.807, 2.05) is 11.8 Å². The summed E-state index contributed by atoms with van der Waals surface area (Å²) in [5.41, 5.74) is 0.522. The van der Waals surface area contributed by atoms with E-state index in [1.54, 1.807) is 0 Å². The van der Waals surface area contributed by atoms with E-state index < -0.39 is 0 Å². The Morgan fingerprint density at radius 1 is 1.19 bits per heavy atom. The average Bonchev–Trinajstić information content (AvgIpc) is 2.45. The van der Waals surface area contributed by atoms with Crippen LogP contribution in [0.15, 0.2) is 0 Å². The van der Waals surface area contributed by atoms with Gasteiger partial charge in [-0.25, -0.2) is 0 Å². The molecule has 1 rings (SSSR count). The molecule has 21 heavy (non-hydrogen) atoms. The first kappa shape index (κ1) is 19.3. The van der Waals surface area contributed by atoms with E-state index in [2.05, 4.69) is 44.3 Å². The van der Waals surface area contributed by atoms with E-state index >= 15 is 0 Å². The second-order valence-corrected chi connectivity index (χ2v) is 8.43. The molecule has 0 bridgehead atoms. The number of hydrogen-bond donors (Lipinski definition) is 1. The molecule has 1 aliphatic carbocycles. The summed E-state index contributed by atoms with van der Waals surface area (Å²) in [6.07, 6.45) is 10.6. The Morgan fingerprint density at radius 3 is 2.38 bits per heavy atom. The van der Waals surface area contributed by atoms with Gasteiger partial charge in [0.2, 0.25) is 0 Å². The minimum absolute atomic E-state index is 0.522. The van der Waals surface area contributed by atoms with Crippen molar-refractivity contribution >= 4 is 11.8 Å². The summed E-state index contributed by atoms with van der Waals surface area (Å²) in [5, 5.41) is 3.76. The average molecular weight is 315 g/mol. The van der Waals surface area contributed by atoms with Gasteiger partial charge in [0.25, 0.3) is 0 Å². The largest absolute Gasteiger partial charge is 0.316 e. The molecule has 0 aromatic carbocycles. The lowest BCUT2D eigenvalue weighted by molar-refractivity contribution is 0.0963. The summed E-state index contributed by atoms with van der Waals surface area (Å²) in [6, 6.07) is 0.740. The third-order valence-corrected chi connectivity index (χ3v) is 5.72. The Balaban J connectivity index is 2.59. The number of nitrogens with zero attached hydrogens (tertiary/aromatic N) is 1. The van der Waals surface area contributed by atoms with Gasteiger partial charge in [-0.05, 0) is 50.4 Å². The van der Waals surface area contributed by atoms with E-state index in [0.717, 1.165) is 18.5 Å². The van der Waals surface area contributed by atoms with Gasteiger partial charge in [-0.2, -0.15) is 11.8 Å². The fourth-order valence-electron chi connectivity index (χ4n) is 3.73. The van der Waals surface area contributed by atoms with Gasteiger partial charge in [0.05, 0.1) is 0 Å². The zero-order valence-corrected chi connectivity index (χ0v) is 15.9. The molecule has 1 aliphatic rings. The molecule has 0 aromatic rings. The predicted molar refractivity (Wildman–Crippen MR) is 98.3 cm³/mol. The summed E-state index contributed by atoms with van der Waals surface area (Å²) in [4.78, 5) is 2.65. The number of hydrogen-bond acceptors (Lipinski definition) is 3. The van der Waals surface area contributed by atoms with Crippen LogP contribution in [0.4, 0.5) is 0 Å². The molecule has 1 saturated carbocycles. The SMILES string of the molecule is CCC(CSC)N(C)CC1(CNCC(C)C)CCCCC1. The van der Waals surface area contributed by atoms with Crippen LogP contribution in [0.3, 0.4) is 0 Å². The van der Waals surface area contributed by atoms with Crippen molar-refractivity contribution in [3.05, 3.63) is 0 Å². The lowest BCUT2D eigenvalue weighted by Crippen LogP contribution is -2.48. The van der Waals surface area contributed by atoms with Crippen molar-refractivity contribution < 1.29 is 0 Å². The second-order valence-electron chi connectivity index (χ2n) is 7.52. The molecule has 1 unspecified atom stereocenters. The molecule has 0 saturated heterocycles. The van der Waals surface area contributed by atoms with E-state index in [-0.39, 0.29) is 0 Å². The first-order valence-electron chi connectivity index (χ1n) is 8.93. The highest BCUT2D eigenvalue weighted by molar-refractivity contribution is 7.98. The van der Waals surface area contributed by atoms with Crippen molar-refractivity contribution in [2.45, 2.75) is 65.3 Å². The number of rotatable bonds is 10. The third kappa shape index (κ3) is 6.92. The Morgan fingerprint density at radius 2 is 1.86 bits per heavy atom. The Hall–Kier alpha value is 0.270. The van der Waals surface area contributed by atoms with Gasteiger partial charge in [-0.1, -0.05) is 40.0 Å². The zero-order chi connectivity index (χ0) is 15.7. The van der Waals surface area contributed by atoms with Gasteiger partial charge in [-0.3, -0.25) is 0 Å². The quantitative estimate of drug-likeness (QED) is 0.649. The van der Waals surface area contributed by atoms with E-state index in [9.17, 15) is 0 Å². The lowest BCUT2D eigenvalue weighted by atomic mass is 9.73. The van der Waals surface area contributed by atoms with E-state index in [4.69, 9.17) is 0 Å². The fourth-order valence-corrected chi connectivity index (χ4v) is 4.60. The van der Waals surface area contributed by atoms with Crippen molar-refractivity contribution in [3.63, 3.8) is 0 Å². The molecule has 0 aromatic heterocycles. The third-order valence-electron chi connectivity index (χ3n) is 5.01. The van der Waals surface area contributed by atoms with Crippen LogP contribution in [0.1, 0.15) is 59.3 Å². The Labute approximate surface area is 137 Å². The molecule has 0 radical (unpaired) electrons. The second kappa shape index (κ2) is 10.1. The van der Waals surface area contributed by atoms with Crippen LogP contribution >= 0.6 is 11.8 Å². The maximum atomic E-state index is 3.76. The summed E-state index contributed by atoms with van der Waals surface area (Å²) in [5.74, 6) is 2.02. The highest BCUT2D eigenvalue weighted by Gasteiger charge is 2.34. The van der Waals surface area contributed by atoms with Crippen LogP contribution in [0.25, 0.3) is 0 Å². The molecule has 0 spiro atoms. The normalized spacial score (nSPS) is 20.1. The van der Waals surface area contributed by atoms with Gasteiger partial charge < -0.3 is 10.2 Å². The van der Waals surface area contributed by atoms with Crippen LogP contribution < -0.4 is 5.32 Å². The van der Waals surface area contributed by atoms with Crippen LogP contribution in [0, 0.1) is 11.3 Å². The molecule has 1 fully saturated rings. The van der Waals surface area contributed by atoms with E-state index in [1.165, 1.54) is 57.4 Å². The zero-order valence-electron chi connectivity index (χ0n) is 15.1. The Bertz CT molecular complexity index is 262. The monoisotopic (exact) mass is 314 g/mol. The minimum Gasteiger partial charge on any atom is -0.316 e. The highest BCUT2D eigenvalue weighted by atomic mass is 32.2. The molecule has 0 heterocycles. The van der Waals surface area contributed by atoms with Crippen molar-refractivity contribution in [2.24, 2.45) is 11.3 Å². The van der Waals surface area contributed by atoms with Crippen molar-refractivity contribution in [1.82, 2.24) is 10.2 Å². The minimum atomic E-state index is 0.522. The maximum absolute atomic E-state index is 3.76. The van der Waals surface area contributed by atoms with Gasteiger partial charge in [0.1, 0.15) is 0 Å². The molecule has 0 amide bonds. The molecule has 2 nitrogen and oxygen atoms in total. The van der Waals surface area contributed by atoms with Crippen LogP contribution in [-0.4, -0.2) is 49.6 Å². The van der Waals surface area contributed by atoms with Crippen LogP contribution in [0.2, 0.25) is 0 Å². The summed E-state index contributed by atoms with van der Waals surface area (Å²) in [6.45, 7) is 10.6. The first-order chi connectivity index (χ1) is 10.0. The lowest BCUT2D eigenvalue weighted by Gasteiger charge is -2.42. The van der Waals surface area contributed by atoms with Crippen LogP contribution in [-0.2, 0) is 0 Å². The van der Waals surface area contributed by atoms with Crippen molar-refractivity contribution in [2.75, 3.05) is 38.7 Å². The molecule has 0 aliphatic heterocycles. The van der Waals surface area contributed by atoms with Gasteiger partial charge in [0, 0.05) is 24.9 Å². The summed E-state index contributed by atoms with van der Waals surface area (Å²) >= 11 is 1.99. The predicted octanol–water partition coefficient (Wildman–Crippen LogP) is 4.26. The van der Waals surface area contributed by atoms with Crippen LogP contribution in [0.5, 0.6) is 0 Å². The topological polar surface area (TPSA) is 15.3 Å². The molecular weight excluding hydrogens is 276 g/mol. The molecule has 1 atom stereocenters. The fraction of sp³-hybridized carbons (Fsp3) is 1.00. The standard InChI is InChI=1S/C18H38N2S/c1-6-17(13-21-5)20(4)15-18(10-8-7-9-11-18)14-19-12-16(2)3/h16-17,19H,6-15H2,1-5H3. The number of thioether (sulfide) groups is 1. The molecule has 3 heteroatoms. The van der Waals surface area contributed by atoms with Gasteiger partial charge in [0.15, 0.2) is 0 Å². The maximum Gasteiger partial charge on any atom is 0.0180 e. The van der Waals surface area contributed by atoms with Crippen molar-refractivity contribution in [3.8, 4) is 0 Å². The van der Waals surface area contributed by atoms with Gasteiger partial charge in [-0.15, -0.1) is 0 Å². The molecule has 126 valence electrons. The smallest absolute Gasteiger partial charge is 0.0180 e. The van der Waals surface area contributed by atoms with Gasteiger partial charge >= 0.3 is 0 Å².